The van der Waals surface area contributed by atoms with Crippen LogP contribution in [0, 0.1) is 12.3 Å². The number of terminal acetylenes is 1. The van der Waals surface area contributed by atoms with Crippen molar-refractivity contribution in [1.82, 2.24) is 4.90 Å². The van der Waals surface area contributed by atoms with Crippen molar-refractivity contribution in [2.45, 2.75) is 0 Å². The molecule has 1 fully saturated rings. The van der Waals surface area contributed by atoms with Crippen molar-refractivity contribution in [2.75, 3.05) is 18.0 Å². The molecule has 2 aromatic carbocycles. The van der Waals surface area contributed by atoms with E-state index < -0.39 is 0 Å². The van der Waals surface area contributed by atoms with Gasteiger partial charge in [0, 0.05) is 5.39 Å². The van der Waals surface area contributed by atoms with Crippen molar-refractivity contribution in [2.24, 2.45) is 0 Å². The van der Waals surface area contributed by atoms with Crippen LogP contribution in [-0.4, -0.2) is 29.9 Å². The summed E-state index contributed by atoms with van der Waals surface area (Å²) in [6.45, 7) is 0.179. The Morgan fingerprint density at radius 1 is 1.10 bits per heavy atom. The van der Waals surface area contributed by atoms with E-state index in [-0.39, 0.29) is 25.0 Å². The lowest BCUT2D eigenvalue weighted by Crippen LogP contribution is -2.33. The molecule has 0 unspecified atom stereocenters. The summed E-state index contributed by atoms with van der Waals surface area (Å²) in [5, 5.41) is 1.86. The third kappa shape index (κ3) is 1.81. The number of benzene rings is 2. The standard InChI is InChI=1S/C16H12N2O2/c1-2-10-17-11-15(19)18(16(17)20)14-9-5-7-12-6-3-4-8-13(12)14/h1,3-9H,10-11H2. The van der Waals surface area contributed by atoms with E-state index >= 15 is 0 Å². The summed E-state index contributed by atoms with van der Waals surface area (Å²) in [5.74, 6) is 2.15. The zero-order valence-electron chi connectivity index (χ0n) is 10.7. The first-order valence-corrected chi connectivity index (χ1v) is 6.25. The Kier molecular flexibility index (Phi) is 2.88. The van der Waals surface area contributed by atoms with Crippen LogP contribution in [0.1, 0.15) is 0 Å². The van der Waals surface area contributed by atoms with Crippen LogP contribution in [-0.2, 0) is 4.79 Å². The molecule has 3 amide bonds. The van der Waals surface area contributed by atoms with Gasteiger partial charge in [-0.1, -0.05) is 42.3 Å². The Morgan fingerprint density at radius 3 is 2.65 bits per heavy atom. The number of amides is 3. The fourth-order valence-electron chi connectivity index (χ4n) is 2.42. The third-order valence-electron chi connectivity index (χ3n) is 3.33. The van der Waals surface area contributed by atoms with Crippen LogP contribution < -0.4 is 4.90 Å². The molecule has 0 radical (unpaired) electrons. The number of carbonyl (C=O) groups is 2. The minimum Gasteiger partial charge on any atom is -0.303 e. The molecule has 1 aliphatic heterocycles. The maximum atomic E-state index is 12.3. The smallest absolute Gasteiger partial charge is 0.303 e. The van der Waals surface area contributed by atoms with Crippen molar-refractivity contribution in [3.63, 3.8) is 0 Å². The quantitative estimate of drug-likeness (QED) is 0.616. The number of carbonyl (C=O) groups excluding carboxylic acids is 2. The molecule has 0 aliphatic carbocycles. The molecule has 1 aliphatic rings. The lowest BCUT2D eigenvalue weighted by Gasteiger charge is -2.17. The van der Waals surface area contributed by atoms with E-state index in [1.165, 1.54) is 9.80 Å². The van der Waals surface area contributed by atoms with Crippen molar-refractivity contribution < 1.29 is 9.59 Å². The van der Waals surface area contributed by atoms with Crippen LogP contribution in [0.2, 0.25) is 0 Å². The van der Waals surface area contributed by atoms with Gasteiger partial charge in [0.2, 0.25) is 0 Å². The number of rotatable bonds is 2. The Labute approximate surface area is 116 Å². The SMILES string of the molecule is C#CCN1CC(=O)N(c2cccc3ccccc23)C1=O. The molecule has 4 nitrogen and oxygen atoms in total. The molecule has 98 valence electrons. The van der Waals surface area contributed by atoms with E-state index in [0.29, 0.717) is 5.69 Å². The van der Waals surface area contributed by atoms with Gasteiger partial charge in [-0.25, -0.2) is 9.69 Å². The predicted molar refractivity (Wildman–Crippen MR) is 77.2 cm³/mol. The summed E-state index contributed by atoms with van der Waals surface area (Å²) in [5.41, 5.74) is 0.609. The molecule has 1 heterocycles. The average molecular weight is 264 g/mol. The lowest BCUT2D eigenvalue weighted by molar-refractivity contribution is -0.116. The summed E-state index contributed by atoms with van der Waals surface area (Å²) >= 11 is 0. The van der Waals surface area contributed by atoms with Crippen LogP contribution >= 0.6 is 0 Å². The Morgan fingerprint density at radius 2 is 1.85 bits per heavy atom. The van der Waals surface area contributed by atoms with Gasteiger partial charge in [-0.05, 0) is 11.5 Å². The maximum absolute atomic E-state index is 12.3. The highest BCUT2D eigenvalue weighted by atomic mass is 16.2. The molecule has 3 rings (SSSR count). The molecule has 0 spiro atoms. The van der Waals surface area contributed by atoms with Crippen molar-refractivity contribution in [3.8, 4) is 12.3 Å². The van der Waals surface area contributed by atoms with E-state index in [0.717, 1.165) is 10.8 Å². The molecule has 4 heteroatoms. The molecule has 2 aromatic rings. The first-order chi connectivity index (χ1) is 9.72. The minimum absolute atomic E-state index is 0.0340. The summed E-state index contributed by atoms with van der Waals surface area (Å²) in [6.07, 6.45) is 5.22. The second-order valence-corrected chi connectivity index (χ2v) is 4.57. The van der Waals surface area contributed by atoms with Gasteiger partial charge in [0.25, 0.3) is 5.91 Å². The van der Waals surface area contributed by atoms with Gasteiger partial charge in [-0.15, -0.1) is 6.42 Å². The van der Waals surface area contributed by atoms with Crippen molar-refractivity contribution in [3.05, 3.63) is 42.5 Å². The molecular weight excluding hydrogens is 252 g/mol. The molecule has 1 saturated heterocycles. The van der Waals surface area contributed by atoms with Gasteiger partial charge in [0.15, 0.2) is 0 Å². The second kappa shape index (κ2) is 4.71. The second-order valence-electron chi connectivity index (χ2n) is 4.57. The van der Waals surface area contributed by atoms with E-state index in [4.69, 9.17) is 6.42 Å². The number of anilines is 1. The van der Waals surface area contributed by atoms with Crippen LogP contribution in [0.4, 0.5) is 10.5 Å². The molecule has 0 N–H and O–H groups in total. The highest BCUT2D eigenvalue weighted by Crippen LogP contribution is 2.29. The fraction of sp³-hybridized carbons (Fsp3) is 0.125. The predicted octanol–water partition coefficient (Wildman–Crippen LogP) is 2.24. The van der Waals surface area contributed by atoms with Gasteiger partial charge in [0.1, 0.15) is 6.54 Å². The van der Waals surface area contributed by atoms with Crippen molar-refractivity contribution in [1.29, 1.82) is 0 Å². The van der Waals surface area contributed by atoms with Gasteiger partial charge in [-0.3, -0.25) is 4.79 Å². The third-order valence-corrected chi connectivity index (χ3v) is 3.33. The van der Waals surface area contributed by atoms with E-state index in [9.17, 15) is 9.59 Å². The van der Waals surface area contributed by atoms with E-state index in [1.54, 1.807) is 6.07 Å². The highest BCUT2D eigenvalue weighted by Gasteiger charge is 2.37. The van der Waals surface area contributed by atoms with Crippen LogP contribution in [0.3, 0.4) is 0 Å². The number of hydrogen-bond donors (Lipinski definition) is 0. The summed E-state index contributed by atoms with van der Waals surface area (Å²) in [7, 11) is 0. The van der Waals surface area contributed by atoms with E-state index in [2.05, 4.69) is 5.92 Å². The van der Waals surface area contributed by atoms with Crippen LogP contribution in [0.25, 0.3) is 10.8 Å². The number of nitrogens with zero attached hydrogens (tertiary/aromatic N) is 2. The van der Waals surface area contributed by atoms with Gasteiger partial charge in [0.05, 0.1) is 12.2 Å². The Hall–Kier alpha value is -2.80. The van der Waals surface area contributed by atoms with E-state index in [1.807, 2.05) is 36.4 Å². The number of fused-ring (bicyclic) bond motifs is 1. The fourth-order valence-corrected chi connectivity index (χ4v) is 2.42. The number of hydrogen-bond acceptors (Lipinski definition) is 2. The molecule has 20 heavy (non-hydrogen) atoms. The summed E-state index contributed by atoms with van der Waals surface area (Å²) in [6, 6.07) is 12.9. The Bertz CT molecular complexity index is 740. The molecule has 0 bridgehead atoms. The monoisotopic (exact) mass is 264 g/mol. The highest BCUT2D eigenvalue weighted by molar-refractivity contribution is 6.23. The normalized spacial score (nSPS) is 14.9. The minimum atomic E-state index is -0.357. The molecular formula is C16H12N2O2. The van der Waals surface area contributed by atoms with Gasteiger partial charge in [-0.2, -0.15) is 0 Å². The van der Waals surface area contributed by atoms with Crippen LogP contribution in [0.15, 0.2) is 42.5 Å². The first kappa shape index (κ1) is 12.2. The van der Waals surface area contributed by atoms with Crippen molar-refractivity contribution >= 4 is 28.4 Å². The average Bonchev–Trinajstić information content (AvgIpc) is 2.74. The topological polar surface area (TPSA) is 40.6 Å². The lowest BCUT2D eigenvalue weighted by atomic mass is 10.1. The first-order valence-electron chi connectivity index (χ1n) is 6.25. The number of imide groups is 1. The van der Waals surface area contributed by atoms with Crippen LogP contribution in [0.5, 0.6) is 0 Å². The zero-order valence-corrected chi connectivity index (χ0v) is 10.7. The number of urea groups is 1. The summed E-state index contributed by atoms with van der Waals surface area (Å²) in [4.78, 5) is 27.0. The van der Waals surface area contributed by atoms with Gasteiger partial charge < -0.3 is 4.90 Å². The maximum Gasteiger partial charge on any atom is 0.332 e. The molecule has 0 saturated carbocycles. The zero-order chi connectivity index (χ0) is 14.1. The molecule has 0 atom stereocenters. The molecule has 0 aromatic heterocycles. The summed E-state index contributed by atoms with van der Waals surface area (Å²) < 4.78 is 0. The Balaban J connectivity index is 2.10. The largest absolute Gasteiger partial charge is 0.332 e. The van der Waals surface area contributed by atoms with Gasteiger partial charge >= 0.3 is 6.03 Å².